The molecular formula is C22H28O10. The van der Waals surface area contributed by atoms with E-state index >= 15 is 0 Å². The molecule has 2 rings (SSSR count). The molecule has 10 heteroatoms. The smallest absolute Gasteiger partial charge is 0.339 e. The Hall–Kier alpha value is -2.98. The maximum absolute atomic E-state index is 12.3. The number of ether oxygens (including phenoxy) is 6. The Labute approximate surface area is 186 Å². The summed E-state index contributed by atoms with van der Waals surface area (Å²) in [7, 11) is 0. The Kier molecular flexibility index (Phi) is 11.8. The van der Waals surface area contributed by atoms with Crippen LogP contribution in [-0.4, -0.2) is 76.7 Å². The Bertz CT molecular complexity index is 698. The van der Waals surface area contributed by atoms with Gasteiger partial charge in [0, 0.05) is 12.8 Å². The lowest BCUT2D eigenvalue weighted by molar-refractivity contribution is -0.147. The summed E-state index contributed by atoms with van der Waals surface area (Å²) in [5, 5.41) is 0. The first kappa shape index (κ1) is 25.3. The van der Waals surface area contributed by atoms with Crippen LogP contribution in [0.1, 0.15) is 46.4 Å². The molecule has 0 aliphatic carbocycles. The number of carbonyl (C=O) groups is 4. The molecule has 0 N–H and O–H groups in total. The lowest BCUT2D eigenvalue weighted by Crippen LogP contribution is -2.18. The molecule has 1 heterocycles. The van der Waals surface area contributed by atoms with Crippen molar-refractivity contribution < 1.29 is 47.6 Å². The number of hydrogen-bond acceptors (Lipinski definition) is 10. The third-order valence-electron chi connectivity index (χ3n) is 4.28. The molecule has 1 aromatic rings. The molecule has 0 radical (unpaired) electrons. The maximum Gasteiger partial charge on any atom is 0.339 e. The van der Waals surface area contributed by atoms with E-state index in [0.29, 0.717) is 12.8 Å². The van der Waals surface area contributed by atoms with E-state index in [-0.39, 0.29) is 88.8 Å². The third-order valence-corrected chi connectivity index (χ3v) is 4.28. The molecule has 0 unspecified atom stereocenters. The number of benzene rings is 1. The van der Waals surface area contributed by atoms with Crippen molar-refractivity contribution in [3.63, 3.8) is 0 Å². The zero-order valence-corrected chi connectivity index (χ0v) is 17.9. The molecule has 1 aromatic carbocycles. The van der Waals surface area contributed by atoms with Gasteiger partial charge in [-0.05, 0) is 25.0 Å². The number of cyclic esters (lactones) is 4. The van der Waals surface area contributed by atoms with Crippen molar-refractivity contribution in [2.45, 2.75) is 25.7 Å². The third kappa shape index (κ3) is 9.88. The van der Waals surface area contributed by atoms with E-state index in [1.54, 1.807) is 12.1 Å². The van der Waals surface area contributed by atoms with Gasteiger partial charge in [0.1, 0.15) is 26.4 Å². The van der Waals surface area contributed by atoms with Crippen molar-refractivity contribution in [2.24, 2.45) is 0 Å². The van der Waals surface area contributed by atoms with Crippen LogP contribution in [-0.2, 0) is 38.0 Å². The van der Waals surface area contributed by atoms with Crippen LogP contribution in [0.5, 0.6) is 0 Å². The lowest BCUT2D eigenvalue weighted by Gasteiger charge is -2.11. The number of rotatable bonds is 0. The van der Waals surface area contributed by atoms with Gasteiger partial charge in [0.15, 0.2) is 0 Å². The molecule has 0 amide bonds. The summed E-state index contributed by atoms with van der Waals surface area (Å²) in [6.07, 6.45) is 1.42. The summed E-state index contributed by atoms with van der Waals surface area (Å²) in [6, 6.07) is 6.15. The minimum atomic E-state index is -0.680. The molecule has 0 fully saturated rings. The van der Waals surface area contributed by atoms with Crippen LogP contribution in [0.2, 0.25) is 0 Å². The first-order chi connectivity index (χ1) is 15.6. The molecule has 0 aromatic heterocycles. The molecule has 176 valence electrons. The van der Waals surface area contributed by atoms with Gasteiger partial charge in [-0.15, -0.1) is 0 Å². The predicted octanol–water partition coefficient (Wildman–Crippen LogP) is 1.69. The van der Waals surface area contributed by atoms with E-state index in [1.165, 1.54) is 12.1 Å². The molecule has 0 bridgehead atoms. The van der Waals surface area contributed by atoms with Crippen molar-refractivity contribution in [1.29, 1.82) is 0 Å². The van der Waals surface area contributed by atoms with Gasteiger partial charge >= 0.3 is 23.9 Å². The van der Waals surface area contributed by atoms with Gasteiger partial charge in [0.25, 0.3) is 0 Å². The quantitative estimate of drug-likeness (QED) is 0.424. The molecule has 0 saturated heterocycles. The zero-order chi connectivity index (χ0) is 23.0. The SMILES string of the molecule is O=C1CCCCC(=O)OCCOCCOC(=O)c2ccccc2C(=O)OCCOCCO1. The van der Waals surface area contributed by atoms with E-state index in [2.05, 4.69) is 0 Å². The fourth-order valence-corrected chi connectivity index (χ4v) is 2.70. The highest BCUT2D eigenvalue weighted by Gasteiger charge is 2.19. The number of fused-ring (bicyclic) bond motifs is 1. The highest BCUT2D eigenvalue weighted by atomic mass is 16.6. The first-order valence-corrected chi connectivity index (χ1v) is 10.5. The number of carbonyl (C=O) groups excluding carboxylic acids is 4. The van der Waals surface area contributed by atoms with Crippen molar-refractivity contribution in [2.75, 3.05) is 52.9 Å². The van der Waals surface area contributed by atoms with Crippen LogP contribution in [0.15, 0.2) is 24.3 Å². The molecule has 0 spiro atoms. The Morgan fingerprint density at radius 3 is 1.28 bits per heavy atom. The van der Waals surface area contributed by atoms with Crippen LogP contribution in [0, 0.1) is 0 Å². The van der Waals surface area contributed by atoms with Crippen LogP contribution >= 0.6 is 0 Å². The average Bonchev–Trinajstić information content (AvgIpc) is 2.79. The molecule has 10 nitrogen and oxygen atoms in total. The van der Waals surface area contributed by atoms with E-state index in [0.717, 1.165) is 0 Å². The fourth-order valence-electron chi connectivity index (χ4n) is 2.70. The zero-order valence-electron chi connectivity index (χ0n) is 17.9. The summed E-state index contributed by atoms with van der Waals surface area (Å²) in [5.74, 6) is -2.11. The lowest BCUT2D eigenvalue weighted by atomic mass is 10.1. The maximum atomic E-state index is 12.3. The molecule has 32 heavy (non-hydrogen) atoms. The second-order valence-corrected chi connectivity index (χ2v) is 6.69. The monoisotopic (exact) mass is 452 g/mol. The summed E-state index contributed by atoms with van der Waals surface area (Å²) in [6.45, 7) is 0.610. The standard InChI is InChI=1S/C22H28O10/c23-19-7-3-4-8-20(24)30-14-10-28-12-16-32-22(26)18-6-2-1-5-17(18)21(25)31-15-11-27-9-13-29-19/h1-2,5-6H,3-4,7-16H2. The summed E-state index contributed by atoms with van der Waals surface area (Å²) >= 11 is 0. The van der Waals surface area contributed by atoms with E-state index in [9.17, 15) is 19.2 Å². The molecule has 1 aliphatic rings. The average molecular weight is 452 g/mol. The molecule has 0 atom stereocenters. The van der Waals surface area contributed by atoms with Crippen molar-refractivity contribution in [3.05, 3.63) is 35.4 Å². The Morgan fingerprint density at radius 2 is 0.875 bits per heavy atom. The van der Waals surface area contributed by atoms with E-state index < -0.39 is 11.9 Å². The molecule has 1 aliphatic heterocycles. The largest absolute Gasteiger partial charge is 0.463 e. The molecular weight excluding hydrogens is 424 g/mol. The first-order valence-electron chi connectivity index (χ1n) is 10.5. The number of esters is 4. The van der Waals surface area contributed by atoms with E-state index in [1.807, 2.05) is 0 Å². The summed E-state index contributed by atoms with van der Waals surface area (Å²) < 4.78 is 30.9. The van der Waals surface area contributed by atoms with Gasteiger partial charge in [-0.2, -0.15) is 0 Å². The van der Waals surface area contributed by atoms with Gasteiger partial charge in [-0.25, -0.2) is 9.59 Å². The second kappa shape index (κ2) is 14.9. The van der Waals surface area contributed by atoms with Crippen molar-refractivity contribution in [1.82, 2.24) is 0 Å². The topological polar surface area (TPSA) is 124 Å². The highest BCUT2D eigenvalue weighted by molar-refractivity contribution is 6.03. The van der Waals surface area contributed by atoms with Crippen LogP contribution in [0.3, 0.4) is 0 Å². The molecule has 0 saturated carbocycles. The van der Waals surface area contributed by atoms with E-state index in [4.69, 9.17) is 28.4 Å². The Balaban J connectivity index is 1.88. The van der Waals surface area contributed by atoms with Crippen LogP contribution in [0.4, 0.5) is 0 Å². The van der Waals surface area contributed by atoms with Crippen LogP contribution < -0.4 is 0 Å². The van der Waals surface area contributed by atoms with Crippen molar-refractivity contribution in [3.8, 4) is 0 Å². The Morgan fingerprint density at radius 1 is 0.500 bits per heavy atom. The number of hydrogen-bond donors (Lipinski definition) is 0. The van der Waals surface area contributed by atoms with Gasteiger partial charge in [0.2, 0.25) is 0 Å². The second-order valence-electron chi connectivity index (χ2n) is 6.69. The minimum absolute atomic E-state index is 0.0277. The summed E-state index contributed by atoms with van der Waals surface area (Å²) in [4.78, 5) is 47.9. The van der Waals surface area contributed by atoms with Gasteiger partial charge < -0.3 is 28.4 Å². The van der Waals surface area contributed by atoms with Gasteiger partial charge in [0.05, 0.1) is 37.6 Å². The van der Waals surface area contributed by atoms with Crippen LogP contribution in [0.25, 0.3) is 0 Å². The van der Waals surface area contributed by atoms with Gasteiger partial charge in [-0.3, -0.25) is 9.59 Å². The normalized spacial score (nSPS) is 19.4. The van der Waals surface area contributed by atoms with Gasteiger partial charge in [-0.1, -0.05) is 12.1 Å². The highest BCUT2D eigenvalue weighted by Crippen LogP contribution is 2.12. The predicted molar refractivity (Wildman–Crippen MR) is 109 cm³/mol. The van der Waals surface area contributed by atoms with Crippen molar-refractivity contribution >= 4 is 23.9 Å². The fraction of sp³-hybridized carbons (Fsp3) is 0.545. The minimum Gasteiger partial charge on any atom is -0.463 e. The summed E-state index contributed by atoms with van der Waals surface area (Å²) in [5.41, 5.74) is 0.155.